The van der Waals surface area contributed by atoms with Crippen molar-refractivity contribution in [3.05, 3.63) is 85.9 Å². The fourth-order valence-corrected chi connectivity index (χ4v) is 4.42. The lowest BCUT2D eigenvalue weighted by molar-refractivity contribution is -0.384. The highest BCUT2D eigenvalue weighted by Gasteiger charge is 2.51. The van der Waals surface area contributed by atoms with Crippen LogP contribution in [-0.4, -0.2) is 32.7 Å². The van der Waals surface area contributed by atoms with E-state index in [-0.39, 0.29) is 17.8 Å². The molecule has 0 radical (unpaired) electrons. The van der Waals surface area contributed by atoms with Crippen molar-refractivity contribution in [3.8, 4) is 0 Å². The average Bonchev–Trinajstić information content (AvgIpc) is 3.02. The highest BCUT2D eigenvalue weighted by molar-refractivity contribution is 9.10. The zero-order valence-electron chi connectivity index (χ0n) is 17.2. The summed E-state index contributed by atoms with van der Waals surface area (Å²) in [6, 6.07) is 12.4. The predicted octanol–water partition coefficient (Wildman–Crippen LogP) is 4.26. The van der Waals surface area contributed by atoms with Crippen molar-refractivity contribution >= 4 is 39.3 Å². The zero-order valence-corrected chi connectivity index (χ0v) is 18.8. The summed E-state index contributed by atoms with van der Waals surface area (Å²) < 4.78 is 0.846. The van der Waals surface area contributed by atoms with Crippen molar-refractivity contribution in [3.63, 3.8) is 0 Å². The molecule has 1 fully saturated rings. The lowest BCUT2D eigenvalue weighted by Gasteiger charge is -2.30. The average molecular weight is 498 g/mol. The van der Waals surface area contributed by atoms with E-state index >= 15 is 0 Å². The summed E-state index contributed by atoms with van der Waals surface area (Å²) >= 11 is 3.36. The van der Waals surface area contributed by atoms with E-state index in [1.165, 1.54) is 18.2 Å². The molecule has 2 aliphatic rings. The molecule has 0 aromatic heterocycles. The van der Waals surface area contributed by atoms with Gasteiger partial charge in [0.15, 0.2) is 0 Å². The second kappa shape index (κ2) is 8.66. The van der Waals surface area contributed by atoms with E-state index in [2.05, 4.69) is 15.9 Å². The summed E-state index contributed by atoms with van der Waals surface area (Å²) in [4.78, 5) is 50.5. The molecule has 1 saturated heterocycles. The molecule has 2 aromatic carbocycles. The Morgan fingerprint density at radius 3 is 2.53 bits per heavy atom. The summed E-state index contributed by atoms with van der Waals surface area (Å²) in [5, 5.41) is 13.2. The van der Waals surface area contributed by atoms with Gasteiger partial charge in [0.2, 0.25) is 0 Å². The molecule has 1 heterocycles. The minimum Gasteiger partial charge on any atom is -0.272 e. The Morgan fingerprint density at radius 2 is 1.84 bits per heavy atom. The number of hydrogen-bond donors (Lipinski definition) is 0. The van der Waals surface area contributed by atoms with Crippen LogP contribution in [0, 0.1) is 22.0 Å². The Balaban J connectivity index is 1.72. The number of non-ortho nitro benzene ring substituents is 1. The van der Waals surface area contributed by atoms with Crippen LogP contribution in [-0.2, 0) is 16.1 Å². The largest absolute Gasteiger partial charge is 0.273 e. The molecule has 0 bridgehead atoms. The number of allylic oxidation sites excluding steroid dienone is 2. The van der Waals surface area contributed by atoms with Gasteiger partial charge in [0.25, 0.3) is 23.4 Å². The molecule has 164 valence electrons. The van der Waals surface area contributed by atoms with E-state index in [0.29, 0.717) is 18.4 Å². The number of carbonyl (C=O) groups is 3. The second-order valence-corrected chi connectivity index (χ2v) is 8.90. The molecular weight excluding hydrogens is 478 g/mol. The number of nitro benzene ring substituents is 1. The summed E-state index contributed by atoms with van der Waals surface area (Å²) in [7, 11) is 0. The maximum absolute atomic E-state index is 13.5. The number of amides is 3. The van der Waals surface area contributed by atoms with Gasteiger partial charge in [0.05, 0.1) is 23.3 Å². The van der Waals surface area contributed by atoms with E-state index in [1.54, 1.807) is 24.3 Å². The molecule has 9 heteroatoms. The monoisotopic (exact) mass is 497 g/mol. The van der Waals surface area contributed by atoms with E-state index in [9.17, 15) is 24.5 Å². The van der Waals surface area contributed by atoms with Gasteiger partial charge in [0.1, 0.15) is 0 Å². The minimum atomic E-state index is -0.651. The van der Waals surface area contributed by atoms with Crippen LogP contribution in [0.5, 0.6) is 0 Å². The topological polar surface area (TPSA) is 101 Å². The molecule has 32 heavy (non-hydrogen) atoms. The molecule has 2 aromatic rings. The van der Waals surface area contributed by atoms with Crippen molar-refractivity contribution in [2.45, 2.75) is 26.3 Å². The number of fused-ring (bicyclic) bond motifs is 1. The van der Waals surface area contributed by atoms with Crippen LogP contribution >= 0.6 is 15.9 Å². The van der Waals surface area contributed by atoms with Gasteiger partial charge in [-0.05, 0) is 43.5 Å². The third-order valence-corrected chi connectivity index (χ3v) is 6.35. The Bertz CT molecular complexity index is 1140. The van der Waals surface area contributed by atoms with Crippen LogP contribution < -0.4 is 0 Å². The first-order valence-electron chi connectivity index (χ1n) is 10.1. The van der Waals surface area contributed by atoms with Crippen molar-refractivity contribution in [1.29, 1.82) is 0 Å². The number of carbonyl (C=O) groups excluding carboxylic acids is 3. The first-order valence-corrected chi connectivity index (χ1v) is 10.9. The van der Waals surface area contributed by atoms with E-state index in [4.69, 9.17) is 0 Å². The van der Waals surface area contributed by atoms with E-state index in [0.717, 1.165) is 26.1 Å². The number of rotatable bonds is 5. The fraction of sp³-hybridized carbons (Fsp3) is 0.261. The Kier molecular flexibility index (Phi) is 5.92. The summed E-state index contributed by atoms with van der Waals surface area (Å²) in [6.07, 6.45) is 2.88. The van der Waals surface area contributed by atoms with Gasteiger partial charge in [-0.1, -0.05) is 45.8 Å². The smallest absolute Gasteiger partial charge is 0.272 e. The molecule has 8 nitrogen and oxygen atoms in total. The Labute approximate surface area is 192 Å². The van der Waals surface area contributed by atoms with Gasteiger partial charge in [0, 0.05) is 22.2 Å². The third-order valence-electron chi connectivity index (χ3n) is 5.83. The quantitative estimate of drug-likeness (QED) is 0.266. The Morgan fingerprint density at radius 1 is 1.16 bits per heavy atom. The molecule has 3 amide bonds. The summed E-state index contributed by atoms with van der Waals surface area (Å²) in [5.41, 5.74) is 1.53. The number of halogens is 1. The molecule has 1 aliphatic heterocycles. The predicted molar refractivity (Wildman–Crippen MR) is 119 cm³/mol. The van der Waals surface area contributed by atoms with Gasteiger partial charge >= 0.3 is 0 Å². The number of nitrogens with zero attached hydrogens (tertiary/aromatic N) is 3. The normalized spacial score (nSPS) is 20.1. The number of nitro groups is 1. The molecule has 2 atom stereocenters. The van der Waals surface area contributed by atoms with Gasteiger partial charge in [-0.3, -0.25) is 24.5 Å². The maximum Gasteiger partial charge on any atom is 0.273 e. The van der Waals surface area contributed by atoms with Gasteiger partial charge in [-0.2, -0.15) is 5.01 Å². The zero-order chi connectivity index (χ0) is 23.0. The van der Waals surface area contributed by atoms with Crippen molar-refractivity contribution in [2.75, 3.05) is 0 Å². The van der Waals surface area contributed by atoms with Crippen molar-refractivity contribution < 1.29 is 19.3 Å². The summed E-state index contributed by atoms with van der Waals surface area (Å²) in [5.74, 6) is -2.49. The van der Waals surface area contributed by atoms with Crippen LogP contribution in [0.1, 0.15) is 35.7 Å². The number of benzene rings is 2. The van der Waals surface area contributed by atoms with Crippen LogP contribution in [0.15, 0.2) is 64.7 Å². The van der Waals surface area contributed by atoms with Crippen LogP contribution in [0.3, 0.4) is 0 Å². The first-order chi connectivity index (χ1) is 15.3. The highest BCUT2D eigenvalue weighted by Crippen LogP contribution is 2.39. The number of hydrogen-bond acceptors (Lipinski definition) is 5. The highest BCUT2D eigenvalue weighted by atomic mass is 79.9. The Hall–Kier alpha value is -3.33. The van der Waals surface area contributed by atoms with Crippen LogP contribution in [0.25, 0.3) is 0 Å². The van der Waals surface area contributed by atoms with Crippen molar-refractivity contribution in [2.24, 2.45) is 11.8 Å². The van der Waals surface area contributed by atoms with Gasteiger partial charge < -0.3 is 0 Å². The first kappa shape index (κ1) is 21.9. The fourth-order valence-electron chi connectivity index (χ4n) is 4.16. The molecular formula is C23H20BrN3O5. The van der Waals surface area contributed by atoms with Gasteiger partial charge in [-0.25, -0.2) is 5.01 Å². The SMILES string of the molecule is CC1=CC[C@@H]2C(=O)N(N(Cc3ccc(Br)cc3)C(=O)c3cccc([N+](=O)[O-])c3)C(=O)[C@@H]2C1. The molecule has 0 N–H and O–H groups in total. The lowest BCUT2D eigenvalue weighted by atomic mass is 9.82. The molecule has 0 saturated carbocycles. The summed E-state index contributed by atoms with van der Waals surface area (Å²) in [6.45, 7) is 1.89. The lowest BCUT2D eigenvalue weighted by Crippen LogP contribution is -2.49. The second-order valence-electron chi connectivity index (χ2n) is 7.99. The number of imide groups is 1. The van der Waals surface area contributed by atoms with Crippen LogP contribution in [0.2, 0.25) is 0 Å². The molecule has 1 aliphatic carbocycles. The van der Waals surface area contributed by atoms with Crippen molar-refractivity contribution in [1.82, 2.24) is 10.0 Å². The van der Waals surface area contributed by atoms with Crippen LogP contribution in [0.4, 0.5) is 5.69 Å². The van der Waals surface area contributed by atoms with E-state index < -0.39 is 34.5 Å². The van der Waals surface area contributed by atoms with E-state index in [1.807, 2.05) is 13.0 Å². The minimum absolute atomic E-state index is 0.0288. The maximum atomic E-state index is 13.5. The molecule has 0 spiro atoms. The third kappa shape index (κ3) is 4.08. The molecule has 0 unspecified atom stereocenters. The molecule has 4 rings (SSSR count). The number of hydrazine groups is 1. The van der Waals surface area contributed by atoms with Gasteiger partial charge in [-0.15, -0.1) is 0 Å². The standard InChI is InChI=1S/C23H20BrN3O5/c1-14-5-10-19-20(11-14)23(30)26(22(19)29)25(13-15-6-8-17(24)9-7-15)21(28)16-3-2-4-18(12-16)27(31)32/h2-9,12,19-20H,10-11,13H2,1H3/t19-,20+/m0/s1.